The molecule has 1 aliphatic carbocycles. The molecule has 188 valence electrons. The van der Waals surface area contributed by atoms with Gasteiger partial charge in [-0.2, -0.15) is 18.4 Å². The molecule has 0 aromatic carbocycles. The maximum atomic E-state index is 13.5. The van der Waals surface area contributed by atoms with E-state index < -0.39 is 23.7 Å². The Labute approximate surface area is 212 Å². The van der Waals surface area contributed by atoms with E-state index in [9.17, 15) is 28.0 Å². The van der Waals surface area contributed by atoms with E-state index in [1.54, 1.807) is 6.92 Å². The van der Waals surface area contributed by atoms with Crippen LogP contribution in [0.3, 0.4) is 0 Å². The Hall–Kier alpha value is -3.30. The summed E-state index contributed by atoms with van der Waals surface area (Å²) < 4.78 is 50.9. The third-order valence-electron chi connectivity index (χ3n) is 5.42. The number of aryl methyl sites for hydroxylation is 1. The van der Waals surface area contributed by atoms with Gasteiger partial charge in [-0.1, -0.05) is 11.8 Å². The van der Waals surface area contributed by atoms with Crippen molar-refractivity contribution in [3.8, 4) is 17.4 Å². The number of anilines is 1. The number of carbonyl (C=O) groups excluding carboxylic acids is 2. The highest BCUT2D eigenvalue weighted by Crippen LogP contribution is 2.40. The first-order valence-corrected chi connectivity index (χ1v) is 12.8. The molecule has 3 aromatic heterocycles. The van der Waals surface area contributed by atoms with Crippen molar-refractivity contribution in [1.29, 1.82) is 5.26 Å². The van der Waals surface area contributed by atoms with Crippen molar-refractivity contribution in [2.24, 2.45) is 0 Å². The van der Waals surface area contributed by atoms with Crippen LogP contribution in [0.1, 0.15) is 51.8 Å². The van der Waals surface area contributed by atoms with Gasteiger partial charge in [-0.05, 0) is 56.4 Å². The van der Waals surface area contributed by atoms with E-state index in [4.69, 9.17) is 9.15 Å². The van der Waals surface area contributed by atoms with Crippen molar-refractivity contribution in [1.82, 2.24) is 4.98 Å². The average Bonchev–Trinajstić information content (AvgIpc) is 3.49. The summed E-state index contributed by atoms with van der Waals surface area (Å²) in [7, 11) is 0. The molecule has 36 heavy (non-hydrogen) atoms. The fraction of sp³-hybridized carbons (Fsp3) is 0.333. The standard InChI is InChI=1S/C24H20F3N3O4S2/c1-2-33-23(32)20-13-6-3-4-8-17(13)36-22(20)30-19(31)12-35-21-15(11-28)14(16-7-5-9-34-16)10-18(29-21)24(25,26)27/h5,7,9-10H,2-4,6,8,12H2,1H3,(H,30,31). The van der Waals surface area contributed by atoms with Crippen molar-refractivity contribution >= 4 is 40.0 Å². The number of hydrogen-bond donors (Lipinski definition) is 1. The Bertz CT molecular complexity index is 1330. The normalized spacial score (nSPS) is 13.1. The molecule has 0 unspecified atom stereocenters. The van der Waals surface area contributed by atoms with Crippen LogP contribution < -0.4 is 5.32 Å². The van der Waals surface area contributed by atoms with Gasteiger partial charge in [0.15, 0.2) is 0 Å². The number of nitrogens with one attached hydrogen (secondary N) is 1. The number of rotatable bonds is 7. The molecule has 0 radical (unpaired) electrons. The Kier molecular flexibility index (Phi) is 7.70. The molecule has 0 bridgehead atoms. The number of amides is 1. The number of aromatic nitrogens is 1. The molecule has 0 saturated carbocycles. The van der Waals surface area contributed by atoms with Gasteiger partial charge in [0.2, 0.25) is 5.91 Å². The van der Waals surface area contributed by atoms with E-state index in [0.717, 1.165) is 35.8 Å². The SMILES string of the molecule is CCOC(=O)c1c(NC(=O)CSc2nc(C(F)(F)F)cc(-c3ccco3)c2C#N)sc2c1CCCC2. The minimum absolute atomic E-state index is 0.0664. The van der Waals surface area contributed by atoms with E-state index in [-0.39, 0.29) is 34.3 Å². The van der Waals surface area contributed by atoms with Crippen LogP contribution >= 0.6 is 23.1 Å². The number of furan rings is 1. The van der Waals surface area contributed by atoms with Crippen molar-refractivity contribution in [3.63, 3.8) is 0 Å². The van der Waals surface area contributed by atoms with Crippen LogP contribution in [-0.2, 0) is 28.5 Å². The number of thioether (sulfide) groups is 1. The third-order valence-corrected chi connectivity index (χ3v) is 7.60. The molecule has 0 spiro atoms. The van der Waals surface area contributed by atoms with E-state index >= 15 is 0 Å². The summed E-state index contributed by atoms with van der Waals surface area (Å²) in [6.07, 6.45) is -0.0690. The zero-order valence-corrected chi connectivity index (χ0v) is 20.7. The summed E-state index contributed by atoms with van der Waals surface area (Å²) in [5.41, 5.74) is -0.184. The van der Waals surface area contributed by atoms with Gasteiger partial charge in [0.1, 0.15) is 27.6 Å². The first-order valence-electron chi connectivity index (χ1n) is 11.0. The lowest BCUT2D eigenvalue weighted by atomic mass is 9.95. The van der Waals surface area contributed by atoms with Gasteiger partial charge in [-0.15, -0.1) is 11.3 Å². The molecule has 0 aliphatic heterocycles. The van der Waals surface area contributed by atoms with Crippen molar-refractivity contribution in [3.05, 3.63) is 51.7 Å². The lowest BCUT2D eigenvalue weighted by molar-refractivity contribution is -0.141. The predicted molar refractivity (Wildman–Crippen MR) is 128 cm³/mol. The fourth-order valence-electron chi connectivity index (χ4n) is 3.88. The summed E-state index contributed by atoms with van der Waals surface area (Å²) >= 11 is 2.01. The van der Waals surface area contributed by atoms with E-state index in [0.29, 0.717) is 28.7 Å². The second kappa shape index (κ2) is 10.8. The highest BCUT2D eigenvalue weighted by Gasteiger charge is 2.35. The second-order valence-corrected chi connectivity index (χ2v) is 9.86. The first-order chi connectivity index (χ1) is 17.2. The third kappa shape index (κ3) is 5.42. The van der Waals surface area contributed by atoms with Gasteiger partial charge in [0.05, 0.1) is 29.7 Å². The Morgan fingerprint density at radius 1 is 1.33 bits per heavy atom. The number of thiophene rings is 1. The van der Waals surface area contributed by atoms with E-state index in [1.165, 1.54) is 29.7 Å². The zero-order valence-electron chi connectivity index (χ0n) is 19.0. The Morgan fingerprint density at radius 3 is 2.78 bits per heavy atom. The maximum absolute atomic E-state index is 13.5. The van der Waals surface area contributed by atoms with Crippen LogP contribution in [0.2, 0.25) is 0 Å². The van der Waals surface area contributed by atoms with E-state index in [2.05, 4.69) is 10.3 Å². The lowest BCUT2D eigenvalue weighted by Crippen LogP contribution is -2.17. The summed E-state index contributed by atoms with van der Waals surface area (Å²) in [5, 5.41) is 12.5. The first kappa shape index (κ1) is 25.8. The van der Waals surface area contributed by atoms with Crippen LogP contribution in [0.5, 0.6) is 0 Å². The topological polar surface area (TPSA) is 105 Å². The van der Waals surface area contributed by atoms with E-state index in [1.807, 2.05) is 6.07 Å². The molecule has 3 heterocycles. The number of carbonyl (C=O) groups is 2. The van der Waals surface area contributed by atoms with Crippen LogP contribution in [-0.4, -0.2) is 29.2 Å². The molecule has 0 saturated heterocycles. The molecule has 7 nitrogen and oxygen atoms in total. The van der Waals surface area contributed by atoms with Gasteiger partial charge in [0, 0.05) is 10.4 Å². The van der Waals surface area contributed by atoms with Crippen LogP contribution in [0.15, 0.2) is 33.9 Å². The molecular weight excluding hydrogens is 515 g/mol. The van der Waals surface area contributed by atoms with Crippen LogP contribution in [0.25, 0.3) is 11.3 Å². The Morgan fingerprint density at radius 2 is 2.11 bits per heavy atom. The Balaban J connectivity index is 1.60. The number of hydrogen-bond acceptors (Lipinski definition) is 8. The number of fused-ring (bicyclic) bond motifs is 1. The number of nitriles is 1. The van der Waals surface area contributed by atoms with Gasteiger partial charge in [-0.3, -0.25) is 4.79 Å². The molecule has 12 heteroatoms. The highest BCUT2D eigenvalue weighted by molar-refractivity contribution is 8.00. The molecule has 1 N–H and O–H groups in total. The maximum Gasteiger partial charge on any atom is 0.433 e. The highest BCUT2D eigenvalue weighted by atomic mass is 32.2. The van der Waals surface area contributed by atoms with Gasteiger partial charge in [0.25, 0.3) is 0 Å². The number of pyridine rings is 1. The van der Waals surface area contributed by atoms with Gasteiger partial charge in [-0.25, -0.2) is 9.78 Å². The molecule has 0 atom stereocenters. The molecule has 0 fully saturated rings. The van der Waals surface area contributed by atoms with Crippen molar-refractivity contribution < 1.29 is 31.9 Å². The van der Waals surface area contributed by atoms with Crippen molar-refractivity contribution in [2.75, 3.05) is 17.7 Å². The molecule has 1 aliphatic rings. The molecular formula is C24H20F3N3O4S2. The zero-order chi connectivity index (χ0) is 25.9. The summed E-state index contributed by atoms with van der Waals surface area (Å²) in [4.78, 5) is 30.0. The van der Waals surface area contributed by atoms with Crippen molar-refractivity contribution in [2.45, 2.75) is 43.8 Å². The summed E-state index contributed by atoms with van der Waals surface area (Å²) in [6.45, 7) is 1.88. The quantitative estimate of drug-likeness (QED) is 0.289. The summed E-state index contributed by atoms with van der Waals surface area (Å²) in [6, 6.07) is 5.56. The lowest BCUT2D eigenvalue weighted by Gasteiger charge is -2.13. The number of esters is 1. The number of nitrogens with zero attached hydrogens (tertiary/aromatic N) is 2. The molecule has 4 rings (SSSR count). The predicted octanol–water partition coefficient (Wildman–Crippen LogP) is 6.08. The van der Waals surface area contributed by atoms with Gasteiger partial charge < -0.3 is 14.5 Å². The minimum atomic E-state index is -4.77. The smallest absolute Gasteiger partial charge is 0.433 e. The number of ether oxygens (including phenoxy) is 1. The number of alkyl halides is 3. The number of halogens is 3. The fourth-order valence-corrected chi connectivity index (χ4v) is 5.97. The monoisotopic (exact) mass is 535 g/mol. The molecule has 1 amide bonds. The second-order valence-electron chi connectivity index (χ2n) is 7.79. The average molecular weight is 536 g/mol. The minimum Gasteiger partial charge on any atom is -0.464 e. The van der Waals surface area contributed by atoms with Crippen LogP contribution in [0.4, 0.5) is 18.2 Å². The van der Waals surface area contributed by atoms with Gasteiger partial charge >= 0.3 is 12.1 Å². The van der Waals surface area contributed by atoms with Crippen LogP contribution in [0, 0.1) is 11.3 Å². The molecule has 3 aromatic rings. The summed E-state index contributed by atoms with van der Waals surface area (Å²) in [5.74, 6) is -1.32. The largest absolute Gasteiger partial charge is 0.464 e.